The van der Waals surface area contributed by atoms with Crippen LogP contribution in [-0.2, 0) is 15.3 Å². The summed E-state index contributed by atoms with van der Waals surface area (Å²) in [6.07, 6.45) is 0.869. The van der Waals surface area contributed by atoms with E-state index in [-0.39, 0.29) is 16.5 Å². The van der Waals surface area contributed by atoms with Crippen LogP contribution in [0.5, 0.6) is 17.2 Å². The zero-order chi connectivity index (χ0) is 35.2. The van der Waals surface area contributed by atoms with Crippen LogP contribution in [0, 0.1) is 5.92 Å². The molecule has 2 heterocycles. The van der Waals surface area contributed by atoms with Crippen molar-refractivity contribution in [1.29, 1.82) is 0 Å². The molecule has 1 fully saturated rings. The summed E-state index contributed by atoms with van der Waals surface area (Å²) in [7, 11) is 0. The number of Topliss-reactive ketones (excluding diaryl/α,β-unsaturated/α-hetero) is 1. The molecule has 0 saturated carbocycles. The lowest BCUT2D eigenvalue weighted by molar-refractivity contribution is -0.132. The van der Waals surface area contributed by atoms with Crippen LogP contribution in [-0.4, -0.2) is 46.8 Å². The molecule has 9 nitrogen and oxygen atoms in total. The Balaban J connectivity index is 1.38. The number of thioether (sulfide) groups is 1. The molecule has 5 aromatic rings. The molecule has 0 spiro atoms. The highest BCUT2D eigenvalue weighted by Crippen LogP contribution is 2.46. The largest absolute Gasteiger partial charge is 0.507 e. The van der Waals surface area contributed by atoms with E-state index in [2.05, 4.69) is 48.3 Å². The minimum absolute atomic E-state index is 0.0600. The summed E-state index contributed by atoms with van der Waals surface area (Å²) < 4.78 is 18.3. The number of benzene rings is 4. The molecule has 1 N–H and O–H groups in total. The fraction of sp³-hybridized carbons (Fsp3) is 0.282. The van der Waals surface area contributed by atoms with Crippen molar-refractivity contribution in [3.8, 4) is 17.2 Å². The number of carbonyl (C=O) groups excluding carboxylic acids is 2. The van der Waals surface area contributed by atoms with Crippen molar-refractivity contribution in [3.05, 3.63) is 107 Å². The topological polar surface area (TPSA) is 111 Å². The molecule has 0 bridgehead atoms. The van der Waals surface area contributed by atoms with Crippen molar-refractivity contribution in [3.63, 3.8) is 0 Å². The van der Waals surface area contributed by atoms with Crippen molar-refractivity contribution in [2.45, 2.75) is 50.3 Å². The highest BCUT2D eigenvalue weighted by atomic mass is 32.2. The molecule has 1 saturated heterocycles. The number of amides is 1. The molecule has 0 aliphatic carbocycles. The van der Waals surface area contributed by atoms with E-state index in [0.717, 1.165) is 22.8 Å². The third-order valence-corrected chi connectivity index (χ3v) is 10.4. The molecule has 4 aromatic carbocycles. The number of ketones is 1. The zero-order valence-electron chi connectivity index (χ0n) is 28.4. The Morgan fingerprint density at radius 3 is 2.42 bits per heavy atom. The predicted molar refractivity (Wildman–Crippen MR) is 198 cm³/mol. The third kappa shape index (κ3) is 7.49. The number of aliphatic hydroxyl groups is 1. The van der Waals surface area contributed by atoms with Gasteiger partial charge in [-0.2, -0.15) is 0 Å². The Bertz CT molecular complexity index is 2020. The van der Waals surface area contributed by atoms with Crippen LogP contribution >= 0.6 is 23.1 Å². The maximum Gasteiger partial charge on any atom is 0.301 e. The van der Waals surface area contributed by atoms with Gasteiger partial charge in [-0.25, -0.2) is 0 Å². The Labute approximate surface area is 299 Å². The lowest BCUT2D eigenvalue weighted by Gasteiger charge is -2.24. The van der Waals surface area contributed by atoms with Gasteiger partial charge >= 0.3 is 5.91 Å². The number of aliphatic hydroxyl groups excluding tert-OH is 1. The first-order chi connectivity index (χ1) is 24.3. The van der Waals surface area contributed by atoms with Gasteiger partial charge < -0.3 is 19.3 Å². The number of nitrogens with zero attached hydrogens (tertiary/aromatic N) is 3. The lowest BCUT2D eigenvalue weighted by atomic mass is 9.95. The second-order valence-corrected chi connectivity index (χ2v) is 14.3. The van der Waals surface area contributed by atoms with Gasteiger partial charge in [0.1, 0.15) is 11.5 Å². The summed E-state index contributed by atoms with van der Waals surface area (Å²) in [5.41, 5.74) is 2.02. The van der Waals surface area contributed by atoms with Gasteiger partial charge in [0.15, 0.2) is 15.8 Å². The Hall–Kier alpha value is -4.87. The van der Waals surface area contributed by atoms with Crippen molar-refractivity contribution in [1.82, 2.24) is 10.2 Å². The molecule has 1 amide bonds. The first kappa shape index (κ1) is 35.0. The maximum atomic E-state index is 13.9. The molecule has 1 aromatic heterocycles. The van der Waals surface area contributed by atoms with Crippen LogP contribution in [0.15, 0.2) is 94.8 Å². The third-order valence-electron chi connectivity index (χ3n) is 8.25. The molecule has 6 rings (SSSR count). The second-order valence-electron chi connectivity index (χ2n) is 12.1. The van der Waals surface area contributed by atoms with Gasteiger partial charge in [0.2, 0.25) is 5.13 Å². The van der Waals surface area contributed by atoms with Gasteiger partial charge in [-0.1, -0.05) is 85.5 Å². The quantitative estimate of drug-likeness (QED) is 0.0398. The smallest absolute Gasteiger partial charge is 0.301 e. The first-order valence-electron chi connectivity index (χ1n) is 16.7. The number of fused-ring (bicyclic) bond motifs is 1. The lowest BCUT2D eigenvalue weighted by Crippen LogP contribution is -2.29. The van der Waals surface area contributed by atoms with Gasteiger partial charge in [-0.15, -0.1) is 10.2 Å². The minimum atomic E-state index is -1.01. The molecule has 50 heavy (non-hydrogen) atoms. The average Bonchev–Trinajstić information content (AvgIpc) is 3.69. The van der Waals surface area contributed by atoms with Crippen molar-refractivity contribution in [2.75, 3.05) is 24.7 Å². The Kier molecular flexibility index (Phi) is 11.0. The van der Waals surface area contributed by atoms with Gasteiger partial charge in [0, 0.05) is 11.3 Å². The highest BCUT2D eigenvalue weighted by Gasteiger charge is 2.48. The van der Waals surface area contributed by atoms with E-state index < -0.39 is 17.7 Å². The zero-order valence-corrected chi connectivity index (χ0v) is 30.1. The molecule has 0 radical (unpaired) electrons. The molecular weight excluding hydrogens is 671 g/mol. The molecule has 11 heteroatoms. The molecule has 1 aliphatic rings. The predicted octanol–water partition coefficient (Wildman–Crippen LogP) is 8.83. The van der Waals surface area contributed by atoms with E-state index in [1.54, 1.807) is 42.5 Å². The Morgan fingerprint density at radius 2 is 1.66 bits per heavy atom. The van der Waals surface area contributed by atoms with Gasteiger partial charge in [0.05, 0.1) is 31.4 Å². The van der Waals surface area contributed by atoms with Crippen LogP contribution in [0.25, 0.3) is 16.5 Å². The maximum absolute atomic E-state index is 13.9. The molecule has 1 aliphatic heterocycles. The van der Waals surface area contributed by atoms with Gasteiger partial charge in [0.25, 0.3) is 5.78 Å². The van der Waals surface area contributed by atoms with Crippen molar-refractivity contribution >= 4 is 56.5 Å². The molecular formula is C39H39N3O6S2. The fourth-order valence-corrected chi connectivity index (χ4v) is 7.65. The summed E-state index contributed by atoms with van der Waals surface area (Å²) in [5.74, 6) is 0.838. The number of ether oxygens (including phenoxy) is 3. The monoisotopic (exact) mass is 709 g/mol. The van der Waals surface area contributed by atoms with E-state index in [9.17, 15) is 14.7 Å². The van der Waals surface area contributed by atoms with E-state index in [0.29, 0.717) is 64.2 Å². The number of carbonyl (C=O) groups is 2. The van der Waals surface area contributed by atoms with Crippen LogP contribution in [0.4, 0.5) is 5.13 Å². The van der Waals surface area contributed by atoms with E-state index in [4.69, 9.17) is 14.2 Å². The number of aromatic nitrogens is 2. The van der Waals surface area contributed by atoms with Crippen LogP contribution < -0.4 is 19.1 Å². The summed E-state index contributed by atoms with van der Waals surface area (Å²) in [4.78, 5) is 29.0. The van der Waals surface area contributed by atoms with Crippen LogP contribution in [0.2, 0.25) is 0 Å². The van der Waals surface area contributed by atoms with Gasteiger partial charge in [-0.05, 0) is 84.5 Å². The van der Waals surface area contributed by atoms with Crippen molar-refractivity contribution in [2.24, 2.45) is 5.92 Å². The molecule has 1 atom stereocenters. The average molecular weight is 710 g/mol. The van der Waals surface area contributed by atoms with E-state index in [1.165, 1.54) is 28.0 Å². The SMILES string of the molecule is CCOc1ccc(C(O)=C2C(=O)C(=O)N(c3nnc(SCc4cccc5ccccc45)s3)C2c2ccc(OCCC(C)C)c(OCC)c2)cc1. The number of hydrogen-bond acceptors (Lipinski definition) is 10. The van der Waals surface area contributed by atoms with E-state index >= 15 is 0 Å². The summed E-state index contributed by atoms with van der Waals surface area (Å²) in [6, 6.07) is 25.5. The summed E-state index contributed by atoms with van der Waals surface area (Å²) in [6.45, 7) is 9.39. The molecule has 1 unspecified atom stereocenters. The van der Waals surface area contributed by atoms with Crippen LogP contribution in [0.1, 0.15) is 56.8 Å². The number of hydrogen-bond donors (Lipinski definition) is 1. The standard InChI is InChI=1S/C39H39N3O6S2/c1-5-46-29-17-14-26(15-18-29)35(43)33-34(27-16-19-31(32(22-27)47-6-2)48-21-20-24(3)4)42(37(45)36(33)44)38-40-41-39(50-38)49-23-28-12-9-11-25-10-7-8-13-30(25)28/h7-19,22,24,34,43H,5-6,20-21,23H2,1-4H3. The second kappa shape index (κ2) is 15.8. The van der Waals surface area contributed by atoms with Crippen LogP contribution in [0.3, 0.4) is 0 Å². The van der Waals surface area contributed by atoms with E-state index in [1.807, 2.05) is 32.0 Å². The number of anilines is 1. The summed E-state index contributed by atoms with van der Waals surface area (Å²) in [5, 5.41) is 23.0. The van der Waals surface area contributed by atoms with Gasteiger partial charge in [-0.3, -0.25) is 14.5 Å². The fourth-order valence-electron chi connectivity index (χ4n) is 5.78. The first-order valence-corrected chi connectivity index (χ1v) is 18.5. The minimum Gasteiger partial charge on any atom is -0.507 e. The normalized spacial score (nSPS) is 15.6. The molecule has 258 valence electrons. The number of rotatable bonds is 14. The van der Waals surface area contributed by atoms with Crippen molar-refractivity contribution < 1.29 is 28.9 Å². The highest BCUT2D eigenvalue weighted by molar-refractivity contribution is 8.00. The summed E-state index contributed by atoms with van der Waals surface area (Å²) >= 11 is 2.73. The Morgan fingerprint density at radius 1 is 0.900 bits per heavy atom.